The molecule has 2 atom stereocenters. The van der Waals surface area contributed by atoms with Gasteiger partial charge in [-0.05, 0) is 43.4 Å². The minimum absolute atomic E-state index is 0.0113. The molecule has 3 aliphatic heterocycles. The first-order valence-corrected chi connectivity index (χ1v) is 9.20. The lowest BCUT2D eigenvalue weighted by molar-refractivity contribution is 0.0577. The predicted molar refractivity (Wildman–Crippen MR) is 97.1 cm³/mol. The molecular weight excluding hydrogens is 330 g/mol. The van der Waals surface area contributed by atoms with Gasteiger partial charge in [-0.15, -0.1) is 0 Å². The maximum Gasteiger partial charge on any atom is 0.276 e. The van der Waals surface area contributed by atoms with E-state index in [1.165, 1.54) is 18.4 Å². The summed E-state index contributed by atoms with van der Waals surface area (Å²) < 4.78 is 10.5. The van der Waals surface area contributed by atoms with Crippen LogP contribution in [0.15, 0.2) is 35.1 Å². The van der Waals surface area contributed by atoms with E-state index >= 15 is 0 Å². The molecule has 0 N–H and O–H groups in total. The molecule has 2 aromatic rings. The van der Waals surface area contributed by atoms with E-state index in [0.717, 1.165) is 38.3 Å². The molecule has 0 aliphatic carbocycles. The number of carbonyl (C=O) groups excluding carboxylic acids is 1. The van der Waals surface area contributed by atoms with Crippen LogP contribution in [0.4, 0.5) is 0 Å². The molecule has 6 nitrogen and oxygen atoms in total. The van der Waals surface area contributed by atoms with Crippen molar-refractivity contribution < 1.29 is 13.9 Å². The van der Waals surface area contributed by atoms with Crippen LogP contribution in [0.5, 0.6) is 5.75 Å². The first kappa shape index (κ1) is 17.1. The van der Waals surface area contributed by atoms with Crippen molar-refractivity contribution in [2.45, 2.75) is 32.4 Å². The van der Waals surface area contributed by atoms with Crippen LogP contribution >= 0.6 is 0 Å². The zero-order valence-electron chi connectivity index (χ0n) is 15.4. The fraction of sp³-hybridized carbons (Fsp3) is 0.500. The maximum atomic E-state index is 12.9. The van der Waals surface area contributed by atoms with Crippen LogP contribution in [-0.4, -0.2) is 53.5 Å². The lowest BCUT2D eigenvalue weighted by Crippen LogP contribution is -2.47. The smallest absolute Gasteiger partial charge is 0.276 e. The van der Waals surface area contributed by atoms with E-state index < -0.39 is 0 Å². The van der Waals surface area contributed by atoms with Crippen molar-refractivity contribution in [3.05, 3.63) is 47.7 Å². The standard InChI is InChI=1S/C20H25N3O3/c1-14-19(21-13-26-14)20(24)23-11-16-3-6-17(23)12-22(10-16)9-15-4-7-18(25-2)8-5-15/h4-5,7-8,13,16-17H,3,6,9-12H2,1-2H3/t16-,17+/m0/s1. The van der Waals surface area contributed by atoms with Crippen LogP contribution in [0.2, 0.25) is 0 Å². The second-order valence-electron chi connectivity index (χ2n) is 7.35. The Balaban J connectivity index is 1.47. The number of amides is 1. The van der Waals surface area contributed by atoms with Crippen molar-refractivity contribution in [3.63, 3.8) is 0 Å². The van der Waals surface area contributed by atoms with Gasteiger partial charge in [0.2, 0.25) is 0 Å². The normalized spacial score (nSPS) is 23.1. The second kappa shape index (κ2) is 7.11. The maximum absolute atomic E-state index is 12.9. The third kappa shape index (κ3) is 3.33. The van der Waals surface area contributed by atoms with E-state index in [0.29, 0.717) is 17.4 Å². The molecule has 5 rings (SSSR count). The van der Waals surface area contributed by atoms with Gasteiger partial charge in [0.15, 0.2) is 12.1 Å². The highest BCUT2D eigenvalue weighted by Crippen LogP contribution is 2.30. The molecule has 4 heterocycles. The monoisotopic (exact) mass is 355 g/mol. The third-order valence-corrected chi connectivity index (χ3v) is 5.56. The van der Waals surface area contributed by atoms with Crippen LogP contribution in [-0.2, 0) is 6.54 Å². The first-order chi connectivity index (χ1) is 12.6. The van der Waals surface area contributed by atoms with Crippen LogP contribution < -0.4 is 4.74 Å². The Bertz CT molecular complexity index is 771. The van der Waals surface area contributed by atoms with Crippen molar-refractivity contribution in [2.75, 3.05) is 26.7 Å². The highest BCUT2D eigenvalue weighted by atomic mass is 16.5. The van der Waals surface area contributed by atoms with E-state index in [1.807, 2.05) is 17.0 Å². The lowest BCUT2D eigenvalue weighted by Gasteiger charge is -2.35. The fourth-order valence-corrected chi connectivity index (χ4v) is 4.19. The van der Waals surface area contributed by atoms with Crippen LogP contribution in [0, 0.1) is 12.8 Å². The van der Waals surface area contributed by atoms with Crippen molar-refractivity contribution in [1.29, 1.82) is 0 Å². The van der Waals surface area contributed by atoms with Crippen LogP contribution in [0.25, 0.3) is 0 Å². The molecule has 26 heavy (non-hydrogen) atoms. The number of ether oxygens (including phenoxy) is 1. The number of fused-ring (bicyclic) bond motifs is 4. The zero-order valence-corrected chi connectivity index (χ0v) is 15.4. The summed E-state index contributed by atoms with van der Waals surface area (Å²) >= 11 is 0. The van der Waals surface area contributed by atoms with Crippen molar-refractivity contribution in [2.24, 2.45) is 5.92 Å². The Morgan fingerprint density at radius 1 is 1.23 bits per heavy atom. The average Bonchev–Trinajstić information content (AvgIpc) is 2.89. The van der Waals surface area contributed by atoms with Gasteiger partial charge in [0, 0.05) is 32.2 Å². The average molecular weight is 355 g/mol. The zero-order chi connectivity index (χ0) is 18.1. The van der Waals surface area contributed by atoms with Gasteiger partial charge in [-0.25, -0.2) is 4.98 Å². The van der Waals surface area contributed by atoms with Crippen molar-refractivity contribution in [1.82, 2.24) is 14.8 Å². The Labute approximate surface area is 153 Å². The van der Waals surface area contributed by atoms with Gasteiger partial charge in [0.25, 0.3) is 5.91 Å². The Kier molecular flexibility index (Phi) is 4.68. The highest BCUT2D eigenvalue weighted by molar-refractivity contribution is 5.93. The third-order valence-electron chi connectivity index (χ3n) is 5.56. The summed E-state index contributed by atoms with van der Waals surface area (Å²) in [4.78, 5) is 21.6. The SMILES string of the molecule is COc1ccc(CN2C[C@@H]3CC[C@H](C2)N(C(=O)c2ncoc2C)C3)cc1. The molecule has 0 saturated carbocycles. The molecule has 1 aromatic heterocycles. The number of methoxy groups -OCH3 is 1. The molecule has 2 bridgehead atoms. The van der Waals surface area contributed by atoms with Crippen LogP contribution in [0.3, 0.4) is 0 Å². The molecule has 3 fully saturated rings. The summed E-state index contributed by atoms with van der Waals surface area (Å²) in [5, 5.41) is 0. The number of hydrogen-bond donors (Lipinski definition) is 0. The molecule has 138 valence electrons. The lowest BCUT2D eigenvalue weighted by atomic mass is 9.94. The van der Waals surface area contributed by atoms with Gasteiger partial charge in [-0.3, -0.25) is 9.69 Å². The molecule has 0 spiro atoms. The summed E-state index contributed by atoms with van der Waals surface area (Å²) in [7, 11) is 1.68. The largest absolute Gasteiger partial charge is 0.497 e. The van der Waals surface area contributed by atoms with Gasteiger partial charge < -0.3 is 14.1 Å². The molecule has 1 aromatic carbocycles. The number of nitrogens with zero attached hydrogens (tertiary/aromatic N) is 3. The van der Waals surface area contributed by atoms with Gasteiger partial charge >= 0.3 is 0 Å². The molecule has 6 heteroatoms. The molecule has 3 aliphatic rings. The van der Waals surface area contributed by atoms with Crippen LogP contribution in [0.1, 0.15) is 34.7 Å². The van der Waals surface area contributed by atoms with Gasteiger partial charge in [0.1, 0.15) is 11.5 Å². The first-order valence-electron chi connectivity index (χ1n) is 9.20. The second-order valence-corrected chi connectivity index (χ2v) is 7.35. The molecular formula is C20H25N3O3. The van der Waals surface area contributed by atoms with E-state index in [2.05, 4.69) is 22.0 Å². The minimum atomic E-state index is 0.0113. The Hall–Kier alpha value is -2.34. The van der Waals surface area contributed by atoms with E-state index in [1.54, 1.807) is 14.0 Å². The van der Waals surface area contributed by atoms with E-state index in [9.17, 15) is 4.79 Å². The number of aryl methyl sites for hydroxylation is 1. The molecule has 1 amide bonds. The quantitative estimate of drug-likeness (QED) is 0.844. The topological polar surface area (TPSA) is 58.8 Å². The number of rotatable bonds is 4. The number of aromatic nitrogens is 1. The number of carbonyl (C=O) groups is 1. The Morgan fingerprint density at radius 3 is 2.73 bits per heavy atom. The predicted octanol–water partition coefficient (Wildman–Crippen LogP) is 2.73. The van der Waals surface area contributed by atoms with Gasteiger partial charge in [0.05, 0.1) is 7.11 Å². The summed E-state index contributed by atoms with van der Waals surface area (Å²) in [6.45, 7) is 5.46. The van der Waals surface area contributed by atoms with Gasteiger partial charge in [-0.2, -0.15) is 0 Å². The highest BCUT2D eigenvalue weighted by Gasteiger charge is 2.38. The number of piperidine rings is 1. The van der Waals surface area contributed by atoms with Gasteiger partial charge in [-0.1, -0.05) is 12.1 Å². The Morgan fingerprint density at radius 2 is 2.04 bits per heavy atom. The van der Waals surface area contributed by atoms with E-state index in [4.69, 9.17) is 9.15 Å². The molecule has 0 radical (unpaired) electrons. The number of hydrogen-bond acceptors (Lipinski definition) is 5. The fourth-order valence-electron chi connectivity index (χ4n) is 4.19. The van der Waals surface area contributed by atoms with E-state index in [-0.39, 0.29) is 11.9 Å². The molecule has 0 unspecified atom stereocenters. The number of oxazole rings is 1. The molecule has 3 saturated heterocycles. The summed E-state index contributed by atoms with van der Waals surface area (Å²) in [5.74, 6) is 2.01. The minimum Gasteiger partial charge on any atom is -0.497 e. The number of benzene rings is 1. The summed E-state index contributed by atoms with van der Waals surface area (Å²) in [5.41, 5.74) is 1.73. The van der Waals surface area contributed by atoms with Crippen molar-refractivity contribution >= 4 is 5.91 Å². The van der Waals surface area contributed by atoms with Crippen molar-refractivity contribution in [3.8, 4) is 5.75 Å². The summed E-state index contributed by atoms with van der Waals surface area (Å²) in [6, 6.07) is 8.49. The summed E-state index contributed by atoms with van der Waals surface area (Å²) in [6.07, 6.45) is 3.60.